The smallest absolute Gasteiger partial charge is 0.404 e. The number of carboxylic acid groups (broad SMARTS) is 1. The first-order valence-electron chi connectivity index (χ1n) is 6.46. The molecule has 0 aromatic heterocycles. The van der Waals surface area contributed by atoms with E-state index in [1.54, 1.807) is 7.11 Å². The zero-order valence-electron chi connectivity index (χ0n) is 11.1. The first-order valence-corrected chi connectivity index (χ1v) is 6.46. The van der Waals surface area contributed by atoms with Crippen LogP contribution in [0.5, 0.6) is 0 Å². The van der Waals surface area contributed by atoms with E-state index in [9.17, 15) is 4.79 Å². The number of amides is 1. The molecule has 1 saturated heterocycles. The molecule has 0 unspecified atom stereocenters. The summed E-state index contributed by atoms with van der Waals surface area (Å²) in [7, 11) is 1.68. The molecule has 0 radical (unpaired) electrons. The Morgan fingerprint density at radius 3 is 2.79 bits per heavy atom. The van der Waals surface area contributed by atoms with Gasteiger partial charge in [0.2, 0.25) is 0 Å². The molecule has 19 heavy (non-hydrogen) atoms. The van der Waals surface area contributed by atoms with Crippen LogP contribution in [0.15, 0.2) is 30.3 Å². The third-order valence-corrected chi connectivity index (χ3v) is 3.54. The van der Waals surface area contributed by atoms with Crippen molar-refractivity contribution in [2.24, 2.45) is 0 Å². The number of ether oxygens (including phenoxy) is 1. The van der Waals surface area contributed by atoms with Gasteiger partial charge in [0.05, 0.1) is 12.6 Å². The van der Waals surface area contributed by atoms with E-state index in [4.69, 9.17) is 9.84 Å². The number of carbonyl (C=O) groups is 1. The highest BCUT2D eigenvalue weighted by atomic mass is 16.5. The number of likely N-dealkylation sites (tertiary alicyclic amines) is 1. The van der Waals surface area contributed by atoms with E-state index in [1.165, 1.54) is 5.56 Å². The number of nitrogens with one attached hydrogen (secondary N) is 1. The molecule has 2 N–H and O–H groups in total. The molecule has 1 aliphatic rings. The second-order valence-electron chi connectivity index (χ2n) is 4.83. The van der Waals surface area contributed by atoms with Crippen LogP contribution in [0.2, 0.25) is 0 Å². The van der Waals surface area contributed by atoms with Crippen molar-refractivity contribution in [3.8, 4) is 0 Å². The van der Waals surface area contributed by atoms with Gasteiger partial charge < -0.3 is 15.2 Å². The summed E-state index contributed by atoms with van der Waals surface area (Å²) in [4.78, 5) is 13.1. The fourth-order valence-electron chi connectivity index (χ4n) is 2.63. The summed E-state index contributed by atoms with van der Waals surface area (Å²) in [6, 6.07) is 10.0. The quantitative estimate of drug-likeness (QED) is 0.843. The van der Waals surface area contributed by atoms with Crippen LogP contribution in [0.25, 0.3) is 0 Å². The minimum Gasteiger partial charge on any atom is -0.465 e. The van der Waals surface area contributed by atoms with Crippen molar-refractivity contribution in [1.29, 1.82) is 0 Å². The Bertz CT molecular complexity index is 410. The minimum absolute atomic E-state index is 0.0586. The lowest BCUT2D eigenvalue weighted by atomic mass is 9.94. The maximum absolute atomic E-state index is 10.9. The van der Waals surface area contributed by atoms with Gasteiger partial charge >= 0.3 is 6.09 Å². The van der Waals surface area contributed by atoms with Gasteiger partial charge in [-0.1, -0.05) is 30.3 Å². The fraction of sp³-hybridized carbons (Fsp3) is 0.500. The van der Waals surface area contributed by atoms with Gasteiger partial charge in [0.1, 0.15) is 0 Å². The number of rotatable bonds is 5. The van der Waals surface area contributed by atoms with E-state index in [2.05, 4.69) is 22.3 Å². The van der Waals surface area contributed by atoms with Crippen LogP contribution in [0, 0.1) is 0 Å². The number of hydrogen-bond acceptors (Lipinski definition) is 3. The van der Waals surface area contributed by atoms with Crippen LogP contribution in [0.1, 0.15) is 11.5 Å². The predicted octanol–water partition coefficient (Wildman–Crippen LogP) is 1.37. The molecule has 0 aliphatic carbocycles. The molecule has 2 atom stereocenters. The van der Waals surface area contributed by atoms with Crippen LogP contribution in [0.3, 0.4) is 0 Å². The van der Waals surface area contributed by atoms with Crippen molar-refractivity contribution in [3.05, 3.63) is 35.9 Å². The fourth-order valence-corrected chi connectivity index (χ4v) is 2.63. The normalized spacial score (nSPS) is 23.4. The average Bonchev–Trinajstić information content (AvgIpc) is 2.79. The number of nitrogens with zero attached hydrogens (tertiary/aromatic N) is 1. The van der Waals surface area contributed by atoms with E-state index in [1.807, 2.05) is 18.2 Å². The molecule has 1 aliphatic heterocycles. The second-order valence-corrected chi connectivity index (χ2v) is 4.83. The van der Waals surface area contributed by atoms with Gasteiger partial charge in [-0.3, -0.25) is 4.90 Å². The van der Waals surface area contributed by atoms with Crippen molar-refractivity contribution in [1.82, 2.24) is 10.2 Å². The maximum Gasteiger partial charge on any atom is 0.404 e. The topological polar surface area (TPSA) is 61.8 Å². The minimum atomic E-state index is -0.959. The summed E-state index contributed by atoms with van der Waals surface area (Å²) < 4.78 is 5.08. The van der Waals surface area contributed by atoms with Crippen molar-refractivity contribution in [2.45, 2.75) is 12.0 Å². The lowest BCUT2D eigenvalue weighted by molar-refractivity contribution is 0.158. The molecule has 104 valence electrons. The van der Waals surface area contributed by atoms with Gasteiger partial charge in [0.25, 0.3) is 0 Å². The van der Waals surface area contributed by atoms with Crippen LogP contribution in [0.4, 0.5) is 4.79 Å². The van der Waals surface area contributed by atoms with E-state index < -0.39 is 6.09 Å². The van der Waals surface area contributed by atoms with Crippen LogP contribution < -0.4 is 5.32 Å². The first-order chi connectivity index (χ1) is 9.20. The number of methoxy groups -OCH3 is 1. The SMILES string of the molecule is COCCN1C[C@@H](NC(=O)O)[C@H](c2ccccc2)C1. The van der Waals surface area contributed by atoms with E-state index in [0.717, 1.165) is 19.6 Å². The zero-order chi connectivity index (χ0) is 13.7. The predicted molar refractivity (Wildman–Crippen MR) is 72.4 cm³/mol. The molecule has 0 spiro atoms. The van der Waals surface area contributed by atoms with Gasteiger partial charge in [0.15, 0.2) is 0 Å². The molecular formula is C14H20N2O3. The Hall–Kier alpha value is -1.59. The molecule has 5 nitrogen and oxygen atoms in total. The molecule has 1 amide bonds. The Morgan fingerprint density at radius 1 is 1.42 bits per heavy atom. The zero-order valence-corrected chi connectivity index (χ0v) is 11.1. The van der Waals surface area contributed by atoms with Crippen molar-refractivity contribution >= 4 is 6.09 Å². The Kier molecular flexibility index (Phi) is 4.76. The van der Waals surface area contributed by atoms with Gasteiger partial charge in [0, 0.05) is 32.7 Å². The lowest BCUT2D eigenvalue weighted by Gasteiger charge is -2.18. The molecule has 5 heteroatoms. The molecule has 1 aromatic carbocycles. The summed E-state index contributed by atoms with van der Waals surface area (Å²) in [5.74, 6) is 0.203. The number of benzene rings is 1. The first kappa shape index (κ1) is 13.8. The van der Waals surface area contributed by atoms with Gasteiger partial charge in [-0.15, -0.1) is 0 Å². The van der Waals surface area contributed by atoms with Gasteiger partial charge in [-0.25, -0.2) is 4.79 Å². The van der Waals surface area contributed by atoms with Gasteiger partial charge in [-0.2, -0.15) is 0 Å². The van der Waals surface area contributed by atoms with E-state index >= 15 is 0 Å². The molecule has 1 aromatic rings. The second kappa shape index (κ2) is 6.54. The molecule has 0 bridgehead atoms. The van der Waals surface area contributed by atoms with E-state index in [-0.39, 0.29) is 12.0 Å². The summed E-state index contributed by atoms with van der Waals surface area (Å²) in [6.45, 7) is 3.09. The maximum atomic E-state index is 10.9. The van der Waals surface area contributed by atoms with Crippen LogP contribution in [-0.4, -0.2) is 55.5 Å². The van der Waals surface area contributed by atoms with Crippen molar-refractivity contribution in [2.75, 3.05) is 33.4 Å². The summed E-state index contributed by atoms with van der Waals surface area (Å²) in [5, 5.41) is 11.6. The molecule has 0 saturated carbocycles. The summed E-state index contributed by atoms with van der Waals surface area (Å²) >= 11 is 0. The lowest BCUT2D eigenvalue weighted by Crippen LogP contribution is -2.39. The van der Waals surface area contributed by atoms with Crippen molar-refractivity contribution in [3.63, 3.8) is 0 Å². The summed E-state index contributed by atoms with van der Waals surface area (Å²) in [5.41, 5.74) is 1.18. The highest BCUT2D eigenvalue weighted by Gasteiger charge is 2.34. The number of hydrogen-bond donors (Lipinski definition) is 2. The summed E-state index contributed by atoms with van der Waals surface area (Å²) in [6.07, 6.45) is -0.959. The Labute approximate surface area is 113 Å². The Morgan fingerprint density at radius 2 is 2.16 bits per heavy atom. The third kappa shape index (κ3) is 3.68. The van der Waals surface area contributed by atoms with Crippen LogP contribution >= 0.6 is 0 Å². The molecular weight excluding hydrogens is 244 g/mol. The monoisotopic (exact) mass is 264 g/mol. The van der Waals surface area contributed by atoms with E-state index in [0.29, 0.717) is 6.61 Å². The average molecular weight is 264 g/mol. The highest BCUT2D eigenvalue weighted by molar-refractivity contribution is 5.65. The molecule has 1 fully saturated rings. The van der Waals surface area contributed by atoms with Gasteiger partial charge in [-0.05, 0) is 5.56 Å². The molecule has 1 heterocycles. The Balaban J connectivity index is 2.07. The standard InChI is InChI=1S/C14H20N2O3/c1-19-8-7-16-9-12(11-5-3-2-4-6-11)13(10-16)15-14(17)18/h2-6,12-13,15H,7-10H2,1H3,(H,17,18)/t12-,13+/m0/s1. The molecule has 2 rings (SSSR count). The highest BCUT2D eigenvalue weighted by Crippen LogP contribution is 2.27. The largest absolute Gasteiger partial charge is 0.465 e. The third-order valence-electron chi connectivity index (χ3n) is 3.54. The van der Waals surface area contributed by atoms with Crippen molar-refractivity contribution < 1.29 is 14.6 Å². The van der Waals surface area contributed by atoms with Crippen LogP contribution in [-0.2, 0) is 4.74 Å².